The number of aromatic amines is 1. The van der Waals surface area contributed by atoms with Crippen LogP contribution in [0.1, 0.15) is 61.8 Å². The van der Waals surface area contributed by atoms with Gasteiger partial charge in [0.15, 0.2) is 5.82 Å². The second kappa shape index (κ2) is 8.24. The van der Waals surface area contributed by atoms with E-state index < -0.39 is 0 Å². The molecule has 156 valence electrons. The van der Waals surface area contributed by atoms with Crippen LogP contribution in [0.5, 0.6) is 0 Å². The summed E-state index contributed by atoms with van der Waals surface area (Å²) in [7, 11) is 0. The second-order valence-corrected chi connectivity index (χ2v) is 8.72. The zero-order valence-corrected chi connectivity index (χ0v) is 17.7. The van der Waals surface area contributed by atoms with E-state index in [0.717, 1.165) is 11.3 Å². The van der Waals surface area contributed by atoms with E-state index in [1.54, 1.807) is 0 Å². The van der Waals surface area contributed by atoms with Gasteiger partial charge in [0, 0.05) is 42.4 Å². The van der Waals surface area contributed by atoms with E-state index in [4.69, 9.17) is 0 Å². The Morgan fingerprint density at radius 2 is 1.86 bits per heavy atom. The summed E-state index contributed by atoms with van der Waals surface area (Å²) in [4.78, 5) is 24.6. The molecule has 0 aliphatic carbocycles. The monoisotopic (exact) mass is 398 g/mol. The Morgan fingerprint density at radius 1 is 1.17 bits per heavy atom. The number of carbonyl (C=O) groups excluding carboxylic acids is 2. The fraction of sp³-hybridized carbons (Fsp3) is 0.476. The molecule has 1 aromatic heterocycles. The van der Waals surface area contributed by atoms with Crippen molar-refractivity contribution in [2.75, 3.05) is 11.9 Å². The Morgan fingerprint density at radius 3 is 2.48 bits per heavy atom. The van der Waals surface area contributed by atoms with E-state index in [0.29, 0.717) is 30.9 Å². The number of urea groups is 1. The number of hydrazine groups is 1. The summed E-state index contributed by atoms with van der Waals surface area (Å²) in [5.41, 5.74) is 6.50. The molecule has 0 radical (unpaired) electrons. The summed E-state index contributed by atoms with van der Waals surface area (Å²) in [6.07, 6.45) is 0.709. The lowest BCUT2D eigenvalue weighted by Gasteiger charge is -2.27. The van der Waals surface area contributed by atoms with Crippen molar-refractivity contribution in [2.45, 2.75) is 59.0 Å². The van der Waals surface area contributed by atoms with Crippen LogP contribution >= 0.6 is 0 Å². The van der Waals surface area contributed by atoms with Crippen molar-refractivity contribution in [3.05, 3.63) is 46.6 Å². The van der Waals surface area contributed by atoms with Gasteiger partial charge in [-0.15, -0.1) is 0 Å². The van der Waals surface area contributed by atoms with Crippen LogP contribution in [0.3, 0.4) is 0 Å². The van der Waals surface area contributed by atoms with E-state index in [-0.39, 0.29) is 23.4 Å². The van der Waals surface area contributed by atoms with Crippen LogP contribution in [0.25, 0.3) is 0 Å². The van der Waals surface area contributed by atoms with E-state index in [9.17, 15) is 9.59 Å². The summed E-state index contributed by atoms with van der Waals surface area (Å²) < 4.78 is 0. The average Bonchev–Trinajstić information content (AvgIpc) is 3.02. The molecule has 0 spiro atoms. The summed E-state index contributed by atoms with van der Waals surface area (Å²) in [5, 5.41) is 14.8. The first-order valence-electron chi connectivity index (χ1n) is 9.93. The second-order valence-electron chi connectivity index (χ2n) is 8.72. The minimum Gasteiger partial charge on any atom is -0.335 e. The number of nitrogens with zero attached hydrogens (tertiary/aromatic N) is 2. The third-order valence-electron chi connectivity index (χ3n) is 4.86. The molecule has 8 nitrogen and oxygen atoms in total. The van der Waals surface area contributed by atoms with Gasteiger partial charge in [-0.25, -0.2) is 9.80 Å². The van der Waals surface area contributed by atoms with Crippen LogP contribution in [0, 0.1) is 0 Å². The standard InChI is InChI=1S/C21H30N6O2/c1-13(2)22-20(29)26-27-11-10-17-16(12-27)18(25-24-17)23-19(28)14-6-8-15(9-7-14)21(3,4)5/h6-9,13H,10-12H2,1-5H3,(H2,22,26,29)(H2,23,24,25,28). The highest BCUT2D eigenvalue weighted by atomic mass is 16.2. The molecule has 0 unspecified atom stereocenters. The molecule has 0 atom stereocenters. The van der Waals surface area contributed by atoms with E-state index in [2.05, 4.69) is 47.0 Å². The SMILES string of the molecule is CC(C)NC(=O)NN1CCc2[nH]nc(NC(=O)c3ccc(C(C)(C)C)cc3)c2C1. The fourth-order valence-electron chi connectivity index (χ4n) is 3.23. The maximum absolute atomic E-state index is 12.7. The number of hydrogen-bond acceptors (Lipinski definition) is 4. The normalized spacial score (nSPS) is 14.4. The number of H-pyrrole nitrogens is 1. The van der Waals surface area contributed by atoms with E-state index >= 15 is 0 Å². The molecule has 8 heteroatoms. The van der Waals surface area contributed by atoms with Gasteiger partial charge in [0.1, 0.15) is 0 Å². The maximum atomic E-state index is 12.7. The Bertz CT molecular complexity index is 880. The number of benzene rings is 1. The van der Waals surface area contributed by atoms with Crippen LogP contribution in [0.4, 0.5) is 10.6 Å². The van der Waals surface area contributed by atoms with E-state index in [1.165, 1.54) is 5.56 Å². The smallest absolute Gasteiger partial charge is 0.329 e. The van der Waals surface area contributed by atoms with Crippen molar-refractivity contribution in [1.82, 2.24) is 25.9 Å². The van der Waals surface area contributed by atoms with Gasteiger partial charge in [0.25, 0.3) is 5.91 Å². The molecule has 0 saturated carbocycles. The summed E-state index contributed by atoms with van der Waals surface area (Å²) in [5.74, 6) is 0.294. The molecule has 4 N–H and O–H groups in total. The highest BCUT2D eigenvalue weighted by Gasteiger charge is 2.24. The predicted octanol–water partition coefficient (Wildman–Crippen LogP) is 2.94. The third-order valence-corrected chi connectivity index (χ3v) is 4.86. The summed E-state index contributed by atoms with van der Waals surface area (Å²) >= 11 is 0. The summed E-state index contributed by atoms with van der Waals surface area (Å²) in [6, 6.07) is 7.44. The first kappa shape index (κ1) is 20.9. The van der Waals surface area contributed by atoms with Crippen molar-refractivity contribution in [3.8, 4) is 0 Å². The Kier molecular flexibility index (Phi) is 5.93. The van der Waals surface area contributed by atoms with Gasteiger partial charge in [-0.1, -0.05) is 32.9 Å². The molecule has 0 saturated heterocycles. The Labute approximate surface area is 171 Å². The molecule has 2 heterocycles. The molecular weight excluding hydrogens is 368 g/mol. The largest absolute Gasteiger partial charge is 0.335 e. The Hall–Kier alpha value is -2.87. The quantitative estimate of drug-likeness (QED) is 0.636. The van der Waals surface area contributed by atoms with Gasteiger partial charge in [-0.05, 0) is 37.0 Å². The van der Waals surface area contributed by atoms with Crippen molar-refractivity contribution < 1.29 is 9.59 Å². The summed E-state index contributed by atoms with van der Waals surface area (Å²) in [6.45, 7) is 11.4. The van der Waals surface area contributed by atoms with Crippen LogP contribution in [0.2, 0.25) is 0 Å². The zero-order valence-electron chi connectivity index (χ0n) is 17.7. The highest BCUT2D eigenvalue weighted by molar-refractivity contribution is 6.04. The van der Waals surface area contributed by atoms with Crippen molar-refractivity contribution in [3.63, 3.8) is 0 Å². The molecule has 1 aliphatic heterocycles. The molecule has 0 bridgehead atoms. The van der Waals surface area contributed by atoms with E-state index in [1.807, 2.05) is 43.1 Å². The molecule has 1 aromatic carbocycles. The number of nitrogens with one attached hydrogen (secondary N) is 4. The first-order chi connectivity index (χ1) is 13.6. The number of fused-ring (bicyclic) bond motifs is 1. The number of rotatable bonds is 4. The lowest BCUT2D eigenvalue weighted by molar-refractivity contribution is 0.102. The van der Waals surface area contributed by atoms with Gasteiger partial charge >= 0.3 is 6.03 Å². The molecule has 29 heavy (non-hydrogen) atoms. The van der Waals surface area contributed by atoms with Gasteiger partial charge in [-0.2, -0.15) is 5.10 Å². The topological polar surface area (TPSA) is 102 Å². The maximum Gasteiger partial charge on any atom is 0.329 e. The lowest BCUT2D eigenvalue weighted by Crippen LogP contribution is -2.50. The minimum absolute atomic E-state index is 0.0363. The number of hydrogen-bond donors (Lipinski definition) is 4. The van der Waals surface area contributed by atoms with Gasteiger partial charge < -0.3 is 10.6 Å². The predicted molar refractivity (Wildman–Crippen MR) is 113 cm³/mol. The zero-order chi connectivity index (χ0) is 21.2. The van der Waals surface area contributed by atoms with Crippen LogP contribution in [-0.4, -0.2) is 39.7 Å². The number of aromatic nitrogens is 2. The van der Waals surface area contributed by atoms with Crippen molar-refractivity contribution >= 4 is 17.8 Å². The van der Waals surface area contributed by atoms with Gasteiger partial charge in [-0.3, -0.25) is 15.3 Å². The molecule has 1 aliphatic rings. The molecule has 3 amide bonds. The Balaban J connectivity index is 1.67. The average molecular weight is 399 g/mol. The molecule has 2 aromatic rings. The van der Waals surface area contributed by atoms with Gasteiger partial charge in [0.05, 0.1) is 0 Å². The van der Waals surface area contributed by atoms with Crippen LogP contribution < -0.4 is 16.1 Å². The fourth-order valence-corrected chi connectivity index (χ4v) is 3.23. The van der Waals surface area contributed by atoms with Crippen molar-refractivity contribution in [1.29, 1.82) is 0 Å². The first-order valence-corrected chi connectivity index (χ1v) is 9.93. The minimum atomic E-state index is -0.239. The number of anilines is 1. The number of amides is 3. The molecular formula is C21H30N6O2. The van der Waals surface area contributed by atoms with Crippen LogP contribution in [0.15, 0.2) is 24.3 Å². The van der Waals surface area contributed by atoms with Crippen LogP contribution in [-0.2, 0) is 18.4 Å². The van der Waals surface area contributed by atoms with Gasteiger partial charge in [0.2, 0.25) is 0 Å². The molecule has 3 rings (SSSR count). The third kappa shape index (κ3) is 5.14. The highest BCUT2D eigenvalue weighted by Crippen LogP contribution is 2.25. The molecule has 0 fully saturated rings. The number of carbonyl (C=O) groups is 2. The van der Waals surface area contributed by atoms with Crippen molar-refractivity contribution in [2.24, 2.45) is 0 Å². The lowest BCUT2D eigenvalue weighted by atomic mass is 9.87.